The molecule has 1 nitrogen and oxygen atoms in total. The van der Waals surface area contributed by atoms with Crippen molar-refractivity contribution in [3.8, 4) is 0 Å². The van der Waals surface area contributed by atoms with Crippen molar-refractivity contribution >= 4 is 5.69 Å². The van der Waals surface area contributed by atoms with E-state index in [1.807, 2.05) is 0 Å². The second kappa shape index (κ2) is 3.88. The third-order valence-electron chi connectivity index (χ3n) is 1.88. The minimum absolute atomic E-state index is 0.0842. The maximum absolute atomic E-state index is 12.3. The highest BCUT2D eigenvalue weighted by molar-refractivity contribution is 5.49. The van der Waals surface area contributed by atoms with Crippen LogP contribution in [0.3, 0.4) is 0 Å². The number of alkyl halides is 6. The van der Waals surface area contributed by atoms with Crippen LogP contribution in [0, 0.1) is 0 Å². The summed E-state index contributed by atoms with van der Waals surface area (Å²) in [4.78, 5) is 0. The summed E-state index contributed by atoms with van der Waals surface area (Å²) in [7, 11) is 1.25. The van der Waals surface area contributed by atoms with Crippen molar-refractivity contribution in [3.05, 3.63) is 29.3 Å². The molecule has 0 amide bonds. The fourth-order valence-corrected chi connectivity index (χ4v) is 1.10. The van der Waals surface area contributed by atoms with Gasteiger partial charge >= 0.3 is 12.4 Å². The van der Waals surface area contributed by atoms with Gasteiger partial charge in [0.25, 0.3) is 0 Å². The first-order valence-electron chi connectivity index (χ1n) is 4.12. The predicted octanol–water partition coefficient (Wildman–Crippen LogP) is 3.77. The van der Waals surface area contributed by atoms with E-state index in [1.54, 1.807) is 0 Å². The molecule has 0 heterocycles. The van der Waals surface area contributed by atoms with Gasteiger partial charge in [-0.3, -0.25) is 0 Å². The molecule has 16 heavy (non-hydrogen) atoms. The molecule has 7 heteroatoms. The SMILES string of the molecule is CNc1cc(C(F)(F)F)cc(C(F)(F)F)c1. The van der Waals surface area contributed by atoms with Crippen molar-refractivity contribution in [3.63, 3.8) is 0 Å². The number of benzene rings is 1. The Morgan fingerprint density at radius 1 is 0.812 bits per heavy atom. The predicted molar refractivity (Wildman–Crippen MR) is 46.0 cm³/mol. The lowest BCUT2D eigenvalue weighted by atomic mass is 10.1. The number of anilines is 1. The summed E-state index contributed by atoms with van der Waals surface area (Å²) < 4.78 is 73.7. The molecule has 1 aromatic carbocycles. The van der Waals surface area contributed by atoms with Crippen LogP contribution >= 0.6 is 0 Å². The fraction of sp³-hybridized carbons (Fsp3) is 0.333. The minimum Gasteiger partial charge on any atom is -0.388 e. The topological polar surface area (TPSA) is 12.0 Å². The molecule has 0 aliphatic rings. The van der Waals surface area contributed by atoms with E-state index in [0.717, 1.165) is 0 Å². The van der Waals surface area contributed by atoms with Gasteiger partial charge in [0, 0.05) is 12.7 Å². The van der Waals surface area contributed by atoms with Gasteiger partial charge in [-0.25, -0.2) is 0 Å². The van der Waals surface area contributed by atoms with Crippen molar-refractivity contribution in [2.24, 2.45) is 0 Å². The summed E-state index contributed by atoms with van der Waals surface area (Å²) in [5, 5.41) is 2.25. The molecule has 0 fully saturated rings. The summed E-state index contributed by atoms with van der Waals surface area (Å²) in [6.07, 6.45) is -9.60. The summed E-state index contributed by atoms with van der Waals surface area (Å²) >= 11 is 0. The molecule has 1 aromatic rings. The van der Waals surface area contributed by atoms with Crippen LogP contribution in [0.1, 0.15) is 11.1 Å². The molecule has 0 saturated carbocycles. The Kier molecular flexibility index (Phi) is 3.07. The molecular weight excluding hydrogens is 236 g/mol. The number of hydrogen-bond donors (Lipinski definition) is 1. The van der Waals surface area contributed by atoms with Gasteiger partial charge < -0.3 is 5.32 Å². The number of halogens is 6. The molecular formula is C9H7F6N. The summed E-state index contributed by atoms with van der Waals surface area (Å²) in [5.41, 5.74) is -2.89. The average Bonchev–Trinajstić information content (AvgIpc) is 2.14. The minimum atomic E-state index is -4.80. The van der Waals surface area contributed by atoms with Crippen LogP contribution in [0.25, 0.3) is 0 Å². The van der Waals surface area contributed by atoms with Crippen molar-refractivity contribution in [2.45, 2.75) is 12.4 Å². The normalized spacial score (nSPS) is 12.7. The molecule has 90 valence electrons. The van der Waals surface area contributed by atoms with Gasteiger partial charge in [-0.2, -0.15) is 26.3 Å². The molecule has 1 N–H and O–H groups in total. The molecule has 1 rings (SSSR count). The van der Waals surface area contributed by atoms with E-state index in [4.69, 9.17) is 0 Å². The van der Waals surface area contributed by atoms with Crippen molar-refractivity contribution in [1.82, 2.24) is 0 Å². The summed E-state index contributed by atoms with van der Waals surface area (Å²) in [6, 6.07) is 1.32. The first kappa shape index (κ1) is 12.7. The zero-order valence-corrected chi connectivity index (χ0v) is 8.00. The Morgan fingerprint density at radius 3 is 1.44 bits per heavy atom. The molecule has 0 radical (unpaired) electrons. The molecule has 0 unspecified atom stereocenters. The Hall–Kier alpha value is -1.40. The van der Waals surface area contributed by atoms with Crippen molar-refractivity contribution in [1.29, 1.82) is 0 Å². The first-order chi connectivity index (χ1) is 7.14. The zero-order valence-electron chi connectivity index (χ0n) is 8.00. The monoisotopic (exact) mass is 243 g/mol. The zero-order chi connectivity index (χ0) is 12.6. The van der Waals surface area contributed by atoms with E-state index in [-0.39, 0.29) is 11.8 Å². The lowest BCUT2D eigenvalue weighted by Crippen LogP contribution is -2.11. The quantitative estimate of drug-likeness (QED) is 0.740. The number of nitrogens with one attached hydrogen (secondary N) is 1. The standard InChI is InChI=1S/C9H7F6N/c1-16-7-3-5(8(10,11)12)2-6(4-7)9(13,14)15/h2-4,16H,1H3. The van der Waals surface area contributed by atoms with Gasteiger partial charge in [0.2, 0.25) is 0 Å². The fourth-order valence-electron chi connectivity index (χ4n) is 1.10. The third-order valence-corrected chi connectivity index (χ3v) is 1.88. The van der Waals surface area contributed by atoms with E-state index in [0.29, 0.717) is 12.1 Å². The van der Waals surface area contributed by atoms with E-state index in [9.17, 15) is 26.3 Å². The average molecular weight is 243 g/mol. The van der Waals surface area contributed by atoms with Crippen molar-refractivity contribution < 1.29 is 26.3 Å². The van der Waals surface area contributed by atoms with Crippen molar-refractivity contribution in [2.75, 3.05) is 12.4 Å². The maximum Gasteiger partial charge on any atom is 0.416 e. The van der Waals surface area contributed by atoms with Gasteiger partial charge in [0.15, 0.2) is 0 Å². The lowest BCUT2D eigenvalue weighted by molar-refractivity contribution is -0.143. The molecule has 0 aromatic heterocycles. The Bertz CT molecular complexity index is 346. The second-order valence-electron chi connectivity index (χ2n) is 3.04. The van der Waals surface area contributed by atoms with Crippen LogP contribution in [0.5, 0.6) is 0 Å². The van der Waals surface area contributed by atoms with E-state index in [1.165, 1.54) is 7.05 Å². The van der Waals surface area contributed by atoms with Gasteiger partial charge in [0.1, 0.15) is 0 Å². The highest BCUT2D eigenvalue weighted by atomic mass is 19.4. The van der Waals surface area contributed by atoms with Gasteiger partial charge in [-0.1, -0.05) is 0 Å². The van der Waals surface area contributed by atoms with E-state index in [2.05, 4.69) is 5.32 Å². The number of hydrogen-bond acceptors (Lipinski definition) is 1. The number of rotatable bonds is 1. The Labute approximate surface area is 87.1 Å². The van der Waals surface area contributed by atoms with Gasteiger partial charge in [0.05, 0.1) is 11.1 Å². The molecule has 0 aliphatic carbocycles. The Morgan fingerprint density at radius 2 is 1.19 bits per heavy atom. The highest BCUT2D eigenvalue weighted by Gasteiger charge is 2.36. The van der Waals surface area contributed by atoms with Crippen LogP contribution in [0.4, 0.5) is 32.0 Å². The summed E-state index contributed by atoms with van der Waals surface area (Å²) in [5.74, 6) is 0. The van der Waals surface area contributed by atoms with Crippen LogP contribution in [0.15, 0.2) is 18.2 Å². The smallest absolute Gasteiger partial charge is 0.388 e. The van der Waals surface area contributed by atoms with E-state index < -0.39 is 23.5 Å². The molecule has 0 spiro atoms. The van der Waals surface area contributed by atoms with E-state index >= 15 is 0 Å². The molecule has 0 aliphatic heterocycles. The van der Waals surface area contributed by atoms with Crippen LogP contribution in [-0.4, -0.2) is 7.05 Å². The van der Waals surface area contributed by atoms with Gasteiger partial charge in [-0.15, -0.1) is 0 Å². The maximum atomic E-state index is 12.3. The highest BCUT2D eigenvalue weighted by Crippen LogP contribution is 2.37. The largest absolute Gasteiger partial charge is 0.416 e. The van der Waals surface area contributed by atoms with Gasteiger partial charge in [-0.05, 0) is 18.2 Å². The van der Waals surface area contributed by atoms with Crippen LogP contribution < -0.4 is 5.32 Å². The first-order valence-corrected chi connectivity index (χ1v) is 4.12. The molecule has 0 bridgehead atoms. The lowest BCUT2D eigenvalue weighted by Gasteiger charge is -2.13. The third kappa shape index (κ3) is 2.80. The van der Waals surface area contributed by atoms with Crippen LogP contribution in [-0.2, 0) is 12.4 Å². The second-order valence-corrected chi connectivity index (χ2v) is 3.04. The molecule has 0 atom stereocenters. The molecule has 0 saturated heterocycles. The Balaban J connectivity index is 3.33. The summed E-state index contributed by atoms with van der Waals surface area (Å²) in [6.45, 7) is 0. The van der Waals surface area contributed by atoms with Crippen LogP contribution in [0.2, 0.25) is 0 Å².